The number of anilines is 1. The molecule has 0 saturated carbocycles. The fourth-order valence-electron chi connectivity index (χ4n) is 2.20. The summed E-state index contributed by atoms with van der Waals surface area (Å²) in [5.74, 6) is 0.361. The molecule has 1 N–H and O–H groups in total. The van der Waals surface area contributed by atoms with Gasteiger partial charge in [0.1, 0.15) is 11.5 Å². The lowest BCUT2D eigenvalue weighted by Crippen LogP contribution is -1.97. The second kappa shape index (κ2) is 4.61. The normalized spacial score (nSPS) is 14.8. The zero-order valence-electron chi connectivity index (χ0n) is 9.67. The fraction of sp³-hybridized carbons (Fsp3) is 0.308. The van der Waals surface area contributed by atoms with Gasteiger partial charge in [-0.3, -0.25) is 0 Å². The minimum absolute atomic E-state index is 0.351. The van der Waals surface area contributed by atoms with Gasteiger partial charge >= 0.3 is 0 Å². The molecule has 0 saturated heterocycles. The molecule has 0 unspecified atom stereocenters. The molecular formula is C13H12ClFN2O. The van der Waals surface area contributed by atoms with Gasteiger partial charge in [0, 0.05) is 17.7 Å². The molecule has 5 heteroatoms. The van der Waals surface area contributed by atoms with Crippen molar-refractivity contribution in [3.63, 3.8) is 0 Å². The summed E-state index contributed by atoms with van der Waals surface area (Å²) >= 11 is 6.06. The van der Waals surface area contributed by atoms with E-state index in [2.05, 4.69) is 10.5 Å². The van der Waals surface area contributed by atoms with Crippen LogP contribution in [0.15, 0.2) is 22.7 Å². The van der Waals surface area contributed by atoms with Crippen molar-refractivity contribution in [2.24, 2.45) is 0 Å². The first kappa shape index (κ1) is 11.5. The van der Waals surface area contributed by atoms with Gasteiger partial charge in [-0.05, 0) is 37.5 Å². The largest absolute Gasteiger partial charge is 0.354 e. The second-order valence-corrected chi connectivity index (χ2v) is 4.75. The van der Waals surface area contributed by atoms with Crippen molar-refractivity contribution in [1.29, 1.82) is 0 Å². The van der Waals surface area contributed by atoms with Gasteiger partial charge in [0.05, 0.1) is 5.02 Å². The van der Waals surface area contributed by atoms with Crippen LogP contribution in [0, 0.1) is 5.82 Å². The minimum atomic E-state index is -0.351. The van der Waals surface area contributed by atoms with Crippen LogP contribution in [0.5, 0.6) is 0 Å². The lowest BCUT2D eigenvalue weighted by molar-refractivity contribution is 0.434. The predicted molar refractivity (Wildman–Crippen MR) is 68.3 cm³/mol. The maximum absolute atomic E-state index is 13.1. The Morgan fingerprint density at radius 2 is 2.22 bits per heavy atom. The van der Waals surface area contributed by atoms with Gasteiger partial charge < -0.3 is 9.84 Å². The van der Waals surface area contributed by atoms with Crippen LogP contribution in [-0.2, 0) is 6.42 Å². The Bertz CT molecular complexity index is 582. The van der Waals surface area contributed by atoms with Crippen LogP contribution >= 0.6 is 11.6 Å². The third-order valence-electron chi connectivity index (χ3n) is 3.11. The molecular weight excluding hydrogens is 255 g/mol. The van der Waals surface area contributed by atoms with Crippen LogP contribution in [0.3, 0.4) is 0 Å². The molecule has 3 rings (SSSR count). The summed E-state index contributed by atoms with van der Waals surface area (Å²) in [6.45, 7) is 0.888. The quantitative estimate of drug-likeness (QED) is 0.851. The van der Waals surface area contributed by atoms with Crippen LogP contribution in [0.25, 0.3) is 11.3 Å². The predicted octanol–water partition coefficient (Wildman–Crippen LogP) is 3.88. The maximum Gasteiger partial charge on any atom is 0.228 e. The van der Waals surface area contributed by atoms with E-state index in [0.29, 0.717) is 22.2 Å². The van der Waals surface area contributed by atoms with Crippen molar-refractivity contribution in [3.05, 3.63) is 34.6 Å². The average Bonchev–Trinajstić information content (AvgIpc) is 2.59. The first-order valence-corrected chi connectivity index (χ1v) is 6.31. The van der Waals surface area contributed by atoms with Crippen molar-refractivity contribution < 1.29 is 8.91 Å². The van der Waals surface area contributed by atoms with Crippen LogP contribution in [-0.4, -0.2) is 11.7 Å². The molecule has 0 spiro atoms. The van der Waals surface area contributed by atoms with Crippen molar-refractivity contribution in [3.8, 4) is 11.3 Å². The third kappa shape index (κ3) is 1.97. The van der Waals surface area contributed by atoms with Gasteiger partial charge in [0.15, 0.2) is 0 Å². The maximum atomic E-state index is 13.1. The number of hydrogen-bond acceptors (Lipinski definition) is 3. The van der Waals surface area contributed by atoms with E-state index >= 15 is 0 Å². The van der Waals surface area contributed by atoms with E-state index in [1.165, 1.54) is 12.1 Å². The highest BCUT2D eigenvalue weighted by Crippen LogP contribution is 2.35. The van der Waals surface area contributed by atoms with E-state index < -0.39 is 0 Å². The third-order valence-corrected chi connectivity index (χ3v) is 3.43. The average molecular weight is 267 g/mol. The van der Waals surface area contributed by atoms with Gasteiger partial charge in [-0.1, -0.05) is 16.8 Å². The van der Waals surface area contributed by atoms with Crippen LogP contribution in [0.1, 0.15) is 18.4 Å². The zero-order chi connectivity index (χ0) is 12.5. The fourth-order valence-corrected chi connectivity index (χ4v) is 2.46. The molecule has 0 fully saturated rings. The number of benzene rings is 1. The van der Waals surface area contributed by atoms with Crippen molar-refractivity contribution in [1.82, 2.24) is 5.16 Å². The highest BCUT2D eigenvalue weighted by Gasteiger charge is 2.20. The van der Waals surface area contributed by atoms with E-state index in [1.807, 2.05) is 0 Å². The summed E-state index contributed by atoms with van der Waals surface area (Å²) in [7, 11) is 0. The molecule has 1 aliphatic rings. The van der Waals surface area contributed by atoms with Crippen molar-refractivity contribution in [2.75, 3.05) is 11.9 Å². The monoisotopic (exact) mass is 266 g/mol. The van der Waals surface area contributed by atoms with Crippen molar-refractivity contribution in [2.45, 2.75) is 19.3 Å². The van der Waals surface area contributed by atoms with Gasteiger partial charge in [-0.25, -0.2) is 4.39 Å². The Morgan fingerprint density at radius 3 is 3.06 bits per heavy atom. The highest BCUT2D eigenvalue weighted by atomic mass is 35.5. The Labute approximate surface area is 109 Å². The zero-order valence-corrected chi connectivity index (χ0v) is 10.4. The van der Waals surface area contributed by atoms with Crippen LogP contribution in [0.4, 0.5) is 10.3 Å². The molecule has 2 aromatic rings. The second-order valence-electron chi connectivity index (χ2n) is 4.35. The topological polar surface area (TPSA) is 38.1 Å². The van der Waals surface area contributed by atoms with E-state index in [1.54, 1.807) is 6.07 Å². The summed E-state index contributed by atoms with van der Waals surface area (Å²) in [4.78, 5) is 0. The standard InChI is InChI=1S/C13H12ClFN2O/c14-11-7-8(15)4-5-9(11)12-10-3-1-2-6-16-13(10)18-17-12/h4-5,7,16H,1-3,6H2. The Balaban J connectivity index is 2.09. The molecule has 3 nitrogen and oxygen atoms in total. The first-order valence-electron chi connectivity index (χ1n) is 5.93. The van der Waals surface area contributed by atoms with E-state index in [-0.39, 0.29) is 5.82 Å². The van der Waals surface area contributed by atoms with E-state index in [0.717, 1.165) is 31.4 Å². The van der Waals surface area contributed by atoms with Gasteiger partial charge in [0.25, 0.3) is 0 Å². The molecule has 0 aliphatic carbocycles. The number of nitrogens with zero attached hydrogens (tertiary/aromatic N) is 1. The molecule has 1 aromatic carbocycles. The smallest absolute Gasteiger partial charge is 0.228 e. The summed E-state index contributed by atoms with van der Waals surface area (Å²) in [6, 6.07) is 4.31. The first-order chi connectivity index (χ1) is 8.75. The molecule has 1 aliphatic heterocycles. The Kier molecular flexibility index (Phi) is 2.96. The number of halogens is 2. The molecule has 18 heavy (non-hydrogen) atoms. The summed E-state index contributed by atoms with van der Waals surface area (Å²) < 4.78 is 18.3. The molecule has 0 amide bonds. The Hall–Kier alpha value is -1.55. The minimum Gasteiger partial charge on any atom is -0.354 e. The number of rotatable bonds is 1. The highest BCUT2D eigenvalue weighted by molar-refractivity contribution is 6.33. The van der Waals surface area contributed by atoms with Gasteiger partial charge in [0.2, 0.25) is 5.88 Å². The van der Waals surface area contributed by atoms with E-state index in [9.17, 15) is 4.39 Å². The number of aromatic nitrogens is 1. The van der Waals surface area contributed by atoms with Crippen LogP contribution < -0.4 is 5.32 Å². The van der Waals surface area contributed by atoms with Gasteiger partial charge in [-0.15, -0.1) is 0 Å². The summed E-state index contributed by atoms with van der Waals surface area (Å²) in [5, 5.41) is 7.61. The SMILES string of the molecule is Fc1ccc(-c2noc3c2CCCCN3)c(Cl)c1. The summed E-state index contributed by atoms with van der Waals surface area (Å²) in [6.07, 6.45) is 3.07. The lowest BCUT2D eigenvalue weighted by atomic mass is 10.0. The van der Waals surface area contributed by atoms with Gasteiger partial charge in [-0.2, -0.15) is 0 Å². The van der Waals surface area contributed by atoms with Crippen molar-refractivity contribution >= 4 is 17.5 Å². The molecule has 0 atom stereocenters. The molecule has 1 aromatic heterocycles. The number of fused-ring (bicyclic) bond motifs is 1. The Morgan fingerprint density at radius 1 is 1.33 bits per heavy atom. The number of nitrogens with one attached hydrogen (secondary N) is 1. The molecule has 0 bridgehead atoms. The van der Waals surface area contributed by atoms with Crippen LogP contribution in [0.2, 0.25) is 5.02 Å². The lowest BCUT2D eigenvalue weighted by Gasteiger charge is -2.03. The number of hydrogen-bond donors (Lipinski definition) is 1. The molecule has 2 heterocycles. The molecule has 0 radical (unpaired) electrons. The van der Waals surface area contributed by atoms with E-state index in [4.69, 9.17) is 16.1 Å². The summed E-state index contributed by atoms with van der Waals surface area (Å²) in [5.41, 5.74) is 2.46. The molecule has 94 valence electrons.